The molecule has 2 aromatic rings. The number of ether oxygens (including phenoxy) is 3. The summed E-state index contributed by atoms with van der Waals surface area (Å²) in [7, 11) is -2.46. The lowest BCUT2D eigenvalue weighted by Crippen LogP contribution is -2.67. The van der Waals surface area contributed by atoms with Crippen molar-refractivity contribution in [3.8, 4) is 0 Å². The van der Waals surface area contributed by atoms with Gasteiger partial charge in [-0.25, -0.2) is 0 Å². The molecule has 2 amide bonds. The lowest BCUT2D eigenvalue weighted by Gasteiger charge is -2.51. The van der Waals surface area contributed by atoms with Crippen LogP contribution >= 0.6 is 11.8 Å². The highest BCUT2D eigenvalue weighted by atomic mass is 32.2. The molecule has 0 aliphatic carbocycles. The molecule has 4 rings (SSSR count). The summed E-state index contributed by atoms with van der Waals surface area (Å²) in [5.74, 6) is -0.722. The minimum absolute atomic E-state index is 0.163. The summed E-state index contributed by atoms with van der Waals surface area (Å²) >= 11 is 1.46. The number of nitrogens with zero attached hydrogens (tertiary/aromatic N) is 1. The summed E-state index contributed by atoms with van der Waals surface area (Å²) in [6.07, 6.45) is -2.32. The molecule has 0 aromatic heterocycles. The van der Waals surface area contributed by atoms with Gasteiger partial charge in [0.05, 0.1) is 24.3 Å². The average molecular weight is 600 g/mol. The van der Waals surface area contributed by atoms with Crippen LogP contribution in [0.1, 0.15) is 60.9 Å². The van der Waals surface area contributed by atoms with Gasteiger partial charge in [-0.05, 0) is 41.6 Å². The lowest BCUT2D eigenvalue weighted by atomic mass is 9.96. The van der Waals surface area contributed by atoms with E-state index in [1.807, 2.05) is 37.3 Å². The molecule has 8 nitrogen and oxygen atoms in total. The predicted molar refractivity (Wildman–Crippen MR) is 161 cm³/mol. The normalized spacial score (nSPS) is 24.9. The number of amides is 2. The lowest BCUT2D eigenvalue weighted by molar-refractivity contribution is -0.201. The first-order chi connectivity index (χ1) is 19.4. The monoisotopic (exact) mass is 599 g/mol. The highest BCUT2D eigenvalue weighted by molar-refractivity contribution is 7.99. The van der Waals surface area contributed by atoms with Crippen molar-refractivity contribution < 1.29 is 33.0 Å². The molecule has 222 valence electrons. The quantitative estimate of drug-likeness (QED) is 0.196. The Labute approximate surface area is 248 Å². The Balaban J connectivity index is 1.74. The van der Waals surface area contributed by atoms with Crippen molar-refractivity contribution in [1.82, 2.24) is 4.90 Å². The third-order valence-electron chi connectivity index (χ3n) is 8.00. The number of hydrogen-bond donors (Lipinski definition) is 0. The van der Waals surface area contributed by atoms with Gasteiger partial charge in [-0.15, -0.1) is 11.8 Å². The summed E-state index contributed by atoms with van der Waals surface area (Å²) in [6.45, 7) is 14.5. The number of carbonyl (C=O) groups is 3. The first-order valence-corrected chi connectivity index (χ1v) is 18.0. The molecule has 5 atom stereocenters. The van der Waals surface area contributed by atoms with E-state index >= 15 is 0 Å². The molecule has 0 radical (unpaired) electrons. The maximum absolute atomic E-state index is 13.7. The van der Waals surface area contributed by atoms with E-state index in [4.69, 9.17) is 18.6 Å². The van der Waals surface area contributed by atoms with Crippen molar-refractivity contribution in [1.29, 1.82) is 0 Å². The Bertz CT molecular complexity index is 1210. The van der Waals surface area contributed by atoms with Gasteiger partial charge in [-0.3, -0.25) is 19.3 Å². The number of esters is 1. The average Bonchev–Trinajstić information content (AvgIpc) is 3.15. The topological polar surface area (TPSA) is 91.4 Å². The SMILES string of the molecule is CCS[C@@H]1O[C@H](COCc2ccccc2)[C@@H](O[Si](C)(C)C(C)(C)C)[C@H](OC(C)=O)[C@H]1N1C(=O)c2ccccc2C1=O. The molecule has 2 heterocycles. The van der Waals surface area contributed by atoms with Crippen molar-refractivity contribution in [2.24, 2.45) is 0 Å². The van der Waals surface area contributed by atoms with E-state index in [1.165, 1.54) is 23.6 Å². The zero-order valence-corrected chi connectivity index (χ0v) is 26.7. The summed E-state index contributed by atoms with van der Waals surface area (Å²) in [5.41, 5.74) is 1.02. The van der Waals surface area contributed by atoms with Gasteiger partial charge in [0, 0.05) is 6.92 Å². The largest absolute Gasteiger partial charge is 0.457 e. The number of benzene rings is 2. The van der Waals surface area contributed by atoms with Gasteiger partial charge in [-0.1, -0.05) is 70.2 Å². The Morgan fingerprint density at radius 3 is 2.10 bits per heavy atom. The molecular weight excluding hydrogens is 558 g/mol. The summed E-state index contributed by atoms with van der Waals surface area (Å²) in [6, 6.07) is 15.7. The predicted octanol–water partition coefficient (Wildman–Crippen LogP) is 5.67. The zero-order valence-electron chi connectivity index (χ0n) is 24.9. The fourth-order valence-electron chi connectivity index (χ4n) is 4.93. The molecule has 0 bridgehead atoms. The fourth-order valence-corrected chi connectivity index (χ4v) is 7.27. The number of thioether (sulfide) groups is 1. The van der Waals surface area contributed by atoms with E-state index in [1.54, 1.807) is 24.3 Å². The second kappa shape index (κ2) is 12.8. The Morgan fingerprint density at radius 2 is 1.56 bits per heavy atom. The highest BCUT2D eigenvalue weighted by Gasteiger charge is 2.57. The van der Waals surface area contributed by atoms with Crippen molar-refractivity contribution in [3.63, 3.8) is 0 Å². The molecular formula is C31H41NO7SSi. The summed E-state index contributed by atoms with van der Waals surface area (Å²) in [4.78, 5) is 41.2. The molecule has 0 N–H and O–H groups in total. The van der Waals surface area contributed by atoms with Crippen LogP contribution in [0.25, 0.3) is 0 Å². The number of carbonyl (C=O) groups excluding carboxylic acids is 3. The summed E-state index contributed by atoms with van der Waals surface area (Å²) in [5, 5.41) is -0.163. The number of rotatable bonds is 10. The third-order valence-corrected chi connectivity index (χ3v) is 13.5. The van der Waals surface area contributed by atoms with Gasteiger partial charge < -0.3 is 18.6 Å². The van der Waals surface area contributed by atoms with Crippen molar-refractivity contribution >= 4 is 37.9 Å². The molecule has 10 heteroatoms. The minimum Gasteiger partial charge on any atom is -0.457 e. The third kappa shape index (κ3) is 6.78. The first-order valence-electron chi connectivity index (χ1n) is 14.1. The number of imide groups is 1. The van der Waals surface area contributed by atoms with Crippen LogP contribution in [0.2, 0.25) is 18.1 Å². The molecule has 2 aliphatic rings. The number of fused-ring (bicyclic) bond motifs is 1. The Morgan fingerprint density at radius 1 is 0.976 bits per heavy atom. The van der Waals surface area contributed by atoms with Crippen molar-refractivity contribution in [3.05, 3.63) is 71.3 Å². The van der Waals surface area contributed by atoms with Gasteiger partial charge in [0.15, 0.2) is 14.4 Å². The van der Waals surface area contributed by atoms with Crippen LogP contribution in [-0.2, 0) is 30.0 Å². The Hall–Kier alpha value is -2.50. The summed E-state index contributed by atoms with van der Waals surface area (Å²) < 4.78 is 25.8. The molecule has 0 saturated carbocycles. The van der Waals surface area contributed by atoms with Crippen molar-refractivity contribution in [2.45, 2.75) is 89.1 Å². The van der Waals surface area contributed by atoms with Gasteiger partial charge in [0.2, 0.25) is 0 Å². The standard InChI is InChI=1S/C31H41NO7SSi/c1-8-40-30-25(32-28(34)22-16-12-13-17-23(22)29(32)35)27(37-20(2)33)26(39-41(6,7)31(3,4)5)24(38-30)19-36-18-21-14-10-9-11-15-21/h9-17,24-27,30H,8,18-19H2,1-7H3/t24-,25-,26-,27-,30+/m1/s1. The van der Waals surface area contributed by atoms with Crippen LogP contribution in [0.5, 0.6) is 0 Å². The van der Waals surface area contributed by atoms with Crippen LogP contribution in [0.15, 0.2) is 54.6 Å². The number of hydrogen-bond acceptors (Lipinski definition) is 8. The van der Waals surface area contributed by atoms with E-state index in [0.717, 1.165) is 5.56 Å². The van der Waals surface area contributed by atoms with Crippen LogP contribution in [-0.4, -0.2) is 73.2 Å². The second-order valence-electron chi connectivity index (χ2n) is 11.9. The zero-order chi connectivity index (χ0) is 29.9. The van der Waals surface area contributed by atoms with Gasteiger partial charge in [-0.2, -0.15) is 0 Å². The van der Waals surface area contributed by atoms with E-state index in [-0.39, 0.29) is 11.6 Å². The first kappa shape index (κ1) is 31.4. The van der Waals surface area contributed by atoms with Crippen LogP contribution in [0.3, 0.4) is 0 Å². The maximum Gasteiger partial charge on any atom is 0.303 e. The Kier molecular flexibility index (Phi) is 9.80. The van der Waals surface area contributed by atoms with Crippen LogP contribution in [0.4, 0.5) is 0 Å². The molecule has 1 fully saturated rings. The molecule has 2 aromatic carbocycles. The molecule has 0 spiro atoms. The minimum atomic E-state index is -2.46. The van der Waals surface area contributed by atoms with E-state index < -0.39 is 55.9 Å². The second-order valence-corrected chi connectivity index (χ2v) is 18.1. The van der Waals surface area contributed by atoms with E-state index in [2.05, 4.69) is 33.9 Å². The fraction of sp³-hybridized carbons (Fsp3) is 0.516. The van der Waals surface area contributed by atoms with Gasteiger partial charge >= 0.3 is 5.97 Å². The smallest absolute Gasteiger partial charge is 0.303 e. The molecule has 0 unspecified atom stereocenters. The molecule has 41 heavy (non-hydrogen) atoms. The van der Waals surface area contributed by atoms with Gasteiger partial charge in [0.25, 0.3) is 11.8 Å². The van der Waals surface area contributed by atoms with E-state index in [9.17, 15) is 14.4 Å². The van der Waals surface area contributed by atoms with Crippen molar-refractivity contribution in [2.75, 3.05) is 12.4 Å². The molecule has 2 aliphatic heterocycles. The van der Waals surface area contributed by atoms with Crippen LogP contribution < -0.4 is 0 Å². The van der Waals surface area contributed by atoms with E-state index in [0.29, 0.717) is 23.5 Å². The van der Waals surface area contributed by atoms with Crippen LogP contribution in [0, 0.1) is 0 Å². The highest BCUT2D eigenvalue weighted by Crippen LogP contribution is 2.43. The molecule has 1 saturated heterocycles. The maximum atomic E-state index is 13.7. The van der Waals surface area contributed by atoms with Gasteiger partial charge in [0.1, 0.15) is 23.7 Å².